The number of rotatable bonds is 5. The van der Waals surface area contributed by atoms with Crippen molar-refractivity contribution in [1.29, 1.82) is 0 Å². The van der Waals surface area contributed by atoms with Gasteiger partial charge in [0, 0.05) is 25.7 Å². The lowest BCUT2D eigenvalue weighted by atomic mass is 9.93. The van der Waals surface area contributed by atoms with Crippen molar-refractivity contribution < 1.29 is 4.92 Å². The van der Waals surface area contributed by atoms with Crippen LogP contribution in [0.4, 0.5) is 11.6 Å². The van der Waals surface area contributed by atoms with Crippen molar-refractivity contribution in [3.8, 4) is 0 Å². The highest BCUT2D eigenvalue weighted by atomic mass is 16.6. The Hall–Kier alpha value is -2.15. The van der Waals surface area contributed by atoms with Gasteiger partial charge in [0.1, 0.15) is 0 Å². The molecular weight excluding hydrogens is 258 g/mol. The number of nitrogens with one attached hydrogen (secondary N) is 1. The molecular formula is C13H19N5O2. The highest BCUT2D eigenvalue weighted by Crippen LogP contribution is 2.23. The molecule has 0 fully saturated rings. The van der Waals surface area contributed by atoms with Gasteiger partial charge in [-0.05, 0) is 18.0 Å². The van der Waals surface area contributed by atoms with E-state index >= 15 is 0 Å². The van der Waals surface area contributed by atoms with Crippen LogP contribution in [0, 0.1) is 15.5 Å². The van der Waals surface area contributed by atoms with Gasteiger partial charge in [0.25, 0.3) is 5.69 Å². The largest absolute Gasteiger partial charge is 0.345 e. The summed E-state index contributed by atoms with van der Waals surface area (Å²) < 4.78 is 0. The van der Waals surface area contributed by atoms with Gasteiger partial charge >= 0.3 is 0 Å². The normalized spacial score (nSPS) is 11.8. The molecule has 3 N–H and O–H groups in total. The molecule has 1 heterocycles. The van der Waals surface area contributed by atoms with Crippen LogP contribution in [-0.2, 0) is 0 Å². The predicted molar refractivity (Wildman–Crippen MR) is 78.9 cm³/mol. The van der Waals surface area contributed by atoms with Crippen LogP contribution < -0.4 is 10.6 Å². The van der Waals surface area contributed by atoms with E-state index in [0.29, 0.717) is 23.5 Å². The smallest absolute Gasteiger partial charge is 0.271 e. The first-order valence-corrected chi connectivity index (χ1v) is 6.38. The monoisotopic (exact) mass is 277 g/mol. The van der Waals surface area contributed by atoms with Crippen molar-refractivity contribution in [2.45, 2.75) is 13.8 Å². The van der Waals surface area contributed by atoms with Crippen molar-refractivity contribution in [2.24, 2.45) is 11.1 Å². The Morgan fingerprint density at radius 3 is 2.80 bits per heavy atom. The Morgan fingerprint density at radius 2 is 2.20 bits per heavy atom. The number of nitrogens with zero attached hydrogens (tertiary/aromatic N) is 3. The fourth-order valence-corrected chi connectivity index (χ4v) is 2.06. The molecule has 108 valence electrons. The first kappa shape index (κ1) is 14.3. The zero-order valence-electron chi connectivity index (χ0n) is 11.9. The first-order chi connectivity index (χ1) is 9.32. The number of hydrogen-bond acceptors (Lipinski definition) is 5. The average molecular weight is 277 g/mol. The fourth-order valence-electron chi connectivity index (χ4n) is 2.06. The van der Waals surface area contributed by atoms with Crippen LogP contribution in [-0.4, -0.2) is 35.0 Å². The van der Waals surface area contributed by atoms with E-state index in [2.05, 4.69) is 23.8 Å². The maximum absolute atomic E-state index is 10.8. The Kier molecular flexibility index (Phi) is 3.63. The summed E-state index contributed by atoms with van der Waals surface area (Å²) in [6.45, 7) is 5.47. The van der Waals surface area contributed by atoms with E-state index in [1.807, 2.05) is 11.9 Å². The van der Waals surface area contributed by atoms with E-state index < -0.39 is 4.92 Å². The molecule has 0 aliphatic carbocycles. The number of nitro groups is 1. The minimum absolute atomic E-state index is 0.0281. The standard InChI is InChI=1S/C13H19N5O2/c1-13(2,7-14)8-17(3)12-15-10-5-4-9(18(19)20)6-11(10)16-12/h4-6H,7-8,14H2,1-3H3,(H,15,16). The maximum Gasteiger partial charge on any atom is 0.271 e. The molecule has 0 radical (unpaired) electrons. The van der Waals surface area contributed by atoms with Gasteiger partial charge in [-0.25, -0.2) is 4.98 Å². The number of fused-ring (bicyclic) bond motifs is 1. The molecule has 0 saturated carbocycles. The lowest BCUT2D eigenvalue weighted by molar-refractivity contribution is -0.384. The van der Waals surface area contributed by atoms with Crippen LogP contribution in [0.3, 0.4) is 0 Å². The van der Waals surface area contributed by atoms with Gasteiger partial charge in [-0.3, -0.25) is 10.1 Å². The van der Waals surface area contributed by atoms with E-state index in [1.165, 1.54) is 12.1 Å². The van der Waals surface area contributed by atoms with Gasteiger partial charge in [0.2, 0.25) is 5.95 Å². The van der Waals surface area contributed by atoms with Crippen molar-refractivity contribution in [2.75, 3.05) is 25.0 Å². The van der Waals surface area contributed by atoms with Gasteiger partial charge in [-0.1, -0.05) is 13.8 Å². The molecule has 0 unspecified atom stereocenters. The van der Waals surface area contributed by atoms with E-state index in [0.717, 1.165) is 6.54 Å². The third-order valence-corrected chi connectivity index (χ3v) is 3.24. The Morgan fingerprint density at radius 1 is 1.50 bits per heavy atom. The van der Waals surface area contributed by atoms with Crippen LogP contribution in [0.15, 0.2) is 18.2 Å². The molecule has 0 spiro atoms. The Labute approximate surface area is 116 Å². The van der Waals surface area contributed by atoms with Crippen LogP contribution in [0.2, 0.25) is 0 Å². The third kappa shape index (κ3) is 2.88. The van der Waals surface area contributed by atoms with Crippen LogP contribution >= 0.6 is 0 Å². The zero-order valence-corrected chi connectivity index (χ0v) is 11.9. The second kappa shape index (κ2) is 5.09. The summed E-state index contributed by atoms with van der Waals surface area (Å²) in [5, 5.41) is 10.8. The first-order valence-electron chi connectivity index (χ1n) is 6.38. The Bertz CT molecular complexity index is 635. The summed E-state index contributed by atoms with van der Waals surface area (Å²) in [5.41, 5.74) is 7.12. The molecule has 0 saturated heterocycles. The summed E-state index contributed by atoms with van der Waals surface area (Å²) in [6.07, 6.45) is 0. The Balaban J connectivity index is 2.29. The molecule has 0 amide bonds. The molecule has 20 heavy (non-hydrogen) atoms. The van der Waals surface area contributed by atoms with Crippen LogP contribution in [0.1, 0.15) is 13.8 Å². The second-order valence-corrected chi connectivity index (χ2v) is 5.74. The fraction of sp³-hybridized carbons (Fsp3) is 0.462. The maximum atomic E-state index is 10.8. The molecule has 0 aliphatic rings. The number of H-pyrrole nitrogens is 1. The molecule has 0 atom stereocenters. The number of hydrogen-bond donors (Lipinski definition) is 2. The van der Waals surface area contributed by atoms with Gasteiger partial charge in [-0.2, -0.15) is 0 Å². The molecule has 2 aromatic rings. The summed E-state index contributed by atoms with van der Waals surface area (Å²) in [5.74, 6) is 0.682. The number of nitro benzene ring substituents is 1. The highest BCUT2D eigenvalue weighted by molar-refractivity contribution is 5.80. The predicted octanol–water partition coefficient (Wildman–Crippen LogP) is 1.89. The van der Waals surface area contributed by atoms with Gasteiger partial charge < -0.3 is 15.6 Å². The minimum atomic E-state index is -0.415. The van der Waals surface area contributed by atoms with Gasteiger partial charge in [-0.15, -0.1) is 0 Å². The molecule has 7 heteroatoms. The SMILES string of the molecule is CN(CC(C)(C)CN)c1nc2ccc([N+](=O)[O-])cc2[nH]1. The lowest BCUT2D eigenvalue weighted by Gasteiger charge is -2.28. The number of imidazole rings is 1. The zero-order chi connectivity index (χ0) is 14.9. The topological polar surface area (TPSA) is 101 Å². The van der Waals surface area contributed by atoms with Crippen molar-refractivity contribution in [3.05, 3.63) is 28.3 Å². The van der Waals surface area contributed by atoms with E-state index in [4.69, 9.17) is 5.73 Å². The van der Waals surface area contributed by atoms with Gasteiger partial charge in [0.15, 0.2) is 0 Å². The minimum Gasteiger partial charge on any atom is -0.345 e. The van der Waals surface area contributed by atoms with Crippen LogP contribution in [0.25, 0.3) is 11.0 Å². The lowest BCUT2D eigenvalue weighted by Crippen LogP contribution is -2.37. The van der Waals surface area contributed by atoms with Crippen molar-refractivity contribution in [3.63, 3.8) is 0 Å². The molecule has 1 aromatic carbocycles. The molecule has 1 aromatic heterocycles. The highest BCUT2D eigenvalue weighted by Gasteiger charge is 2.20. The molecule has 0 bridgehead atoms. The summed E-state index contributed by atoms with van der Waals surface area (Å²) >= 11 is 0. The number of aromatic nitrogens is 2. The third-order valence-electron chi connectivity index (χ3n) is 3.24. The van der Waals surface area contributed by atoms with E-state index in [9.17, 15) is 10.1 Å². The second-order valence-electron chi connectivity index (χ2n) is 5.74. The average Bonchev–Trinajstić information content (AvgIpc) is 2.81. The summed E-state index contributed by atoms with van der Waals surface area (Å²) in [4.78, 5) is 19.9. The number of benzene rings is 1. The molecule has 0 aliphatic heterocycles. The van der Waals surface area contributed by atoms with Crippen molar-refractivity contribution in [1.82, 2.24) is 9.97 Å². The summed E-state index contributed by atoms with van der Waals surface area (Å²) in [7, 11) is 1.92. The number of nitrogens with two attached hydrogens (primary N) is 1. The van der Waals surface area contributed by atoms with E-state index in [1.54, 1.807) is 6.07 Å². The number of anilines is 1. The summed E-state index contributed by atoms with van der Waals surface area (Å²) in [6, 6.07) is 4.60. The van der Waals surface area contributed by atoms with Crippen molar-refractivity contribution >= 4 is 22.7 Å². The van der Waals surface area contributed by atoms with E-state index in [-0.39, 0.29) is 11.1 Å². The quantitative estimate of drug-likeness (QED) is 0.642. The number of aromatic amines is 1. The molecule has 2 rings (SSSR count). The van der Waals surface area contributed by atoms with Crippen LogP contribution in [0.5, 0.6) is 0 Å². The number of non-ortho nitro benzene ring substituents is 1. The molecule has 7 nitrogen and oxygen atoms in total. The van der Waals surface area contributed by atoms with Gasteiger partial charge in [0.05, 0.1) is 16.0 Å².